The number of hydrogen-bond donors (Lipinski definition) is 2. The molecule has 1 rings (SSSR count). The first kappa shape index (κ1) is 12.1. The van der Waals surface area contributed by atoms with Crippen LogP contribution < -0.4 is 10.2 Å². The summed E-state index contributed by atoms with van der Waals surface area (Å²) in [6.45, 7) is 0.477. The van der Waals surface area contributed by atoms with Crippen molar-refractivity contribution < 1.29 is 5.11 Å². The fraction of sp³-hybridized carbons (Fsp3) is 0.455. The van der Waals surface area contributed by atoms with Crippen molar-refractivity contribution in [2.45, 2.75) is 6.10 Å². The van der Waals surface area contributed by atoms with Gasteiger partial charge in [0.15, 0.2) is 0 Å². The predicted octanol–water partition coefficient (Wildman–Crippen LogP) is 1.76. The summed E-state index contributed by atoms with van der Waals surface area (Å²) in [5.41, 5.74) is 2.14. The van der Waals surface area contributed by atoms with Gasteiger partial charge < -0.3 is 15.3 Å². The van der Waals surface area contributed by atoms with Crippen LogP contribution in [-0.4, -0.2) is 37.7 Å². The minimum absolute atomic E-state index is 0.253. The molecule has 3 nitrogen and oxygen atoms in total. The molecular formula is C11H17ClN2O. The molecule has 0 spiro atoms. The summed E-state index contributed by atoms with van der Waals surface area (Å²) in [7, 11) is 4.00. The molecule has 2 N–H and O–H groups in total. The number of benzene rings is 1. The third-order valence-corrected chi connectivity index (χ3v) is 2.46. The molecule has 0 aliphatic heterocycles. The zero-order chi connectivity index (χ0) is 11.3. The lowest BCUT2D eigenvalue weighted by Crippen LogP contribution is -2.20. The Morgan fingerprint density at radius 2 is 1.93 bits per heavy atom. The largest absolute Gasteiger partial charge is 0.390 e. The Hall–Kier alpha value is -0.930. The molecule has 0 aliphatic carbocycles. The zero-order valence-electron chi connectivity index (χ0n) is 9.07. The molecule has 1 atom stereocenters. The number of nitrogens with zero attached hydrogens (tertiary/aromatic N) is 1. The summed E-state index contributed by atoms with van der Waals surface area (Å²) in [5, 5.41) is 12.4. The summed E-state index contributed by atoms with van der Waals surface area (Å²) < 4.78 is 0. The average Bonchev–Trinajstić information content (AvgIpc) is 2.26. The van der Waals surface area contributed by atoms with E-state index >= 15 is 0 Å². The SMILES string of the molecule is CN(C)c1ccc(NCC(O)CCl)cc1. The molecule has 0 aliphatic rings. The second-order valence-corrected chi connectivity index (χ2v) is 3.94. The topological polar surface area (TPSA) is 35.5 Å². The summed E-state index contributed by atoms with van der Waals surface area (Å²) in [6, 6.07) is 8.01. The molecule has 1 unspecified atom stereocenters. The van der Waals surface area contributed by atoms with Gasteiger partial charge in [0.25, 0.3) is 0 Å². The number of halogens is 1. The van der Waals surface area contributed by atoms with Gasteiger partial charge in [-0.15, -0.1) is 11.6 Å². The van der Waals surface area contributed by atoms with Gasteiger partial charge in [-0.25, -0.2) is 0 Å². The van der Waals surface area contributed by atoms with Crippen LogP contribution in [0.1, 0.15) is 0 Å². The molecule has 1 aromatic rings. The van der Waals surface area contributed by atoms with E-state index in [0.29, 0.717) is 6.54 Å². The molecule has 15 heavy (non-hydrogen) atoms. The number of alkyl halides is 1. The minimum Gasteiger partial charge on any atom is -0.390 e. The van der Waals surface area contributed by atoms with Gasteiger partial charge in [-0.1, -0.05) is 0 Å². The van der Waals surface area contributed by atoms with E-state index in [-0.39, 0.29) is 5.88 Å². The summed E-state index contributed by atoms with van der Waals surface area (Å²) in [5.74, 6) is 0.253. The Balaban J connectivity index is 2.50. The van der Waals surface area contributed by atoms with Crippen molar-refractivity contribution >= 4 is 23.0 Å². The normalized spacial score (nSPS) is 12.3. The van der Waals surface area contributed by atoms with E-state index in [0.717, 1.165) is 11.4 Å². The first-order chi connectivity index (χ1) is 7.13. The number of hydrogen-bond acceptors (Lipinski definition) is 3. The average molecular weight is 229 g/mol. The van der Waals surface area contributed by atoms with Gasteiger partial charge in [0.2, 0.25) is 0 Å². The second-order valence-electron chi connectivity index (χ2n) is 3.63. The van der Waals surface area contributed by atoms with Gasteiger partial charge in [0.05, 0.1) is 12.0 Å². The molecule has 84 valence electrons. The first-order valence-electron chi connectivity index (χ1n) is 4.88. The monoisotopic (exact) mass is 228 g/mol. The summed E-state index contributed by atoms with van der Waals surface area (Å²) in [4.78, 5) is 2.04. The molecule has 0 aromatic heterocycles. The Kier molecular flexibility index (Phi) is 4.72. The number of aliphatic hydroxyl groups is 1. The Morgan fingerprint density at radius 1 is 1.33 bits per heavy atom. The molecule has 0 saturated heterocycles. The molecular weight excluding hydrogens is 212 g/mol. The Bertz CT molecular complexity index is 287. The predicted molar refractivity (Wildman–Crippen MR) is 66.0 cm³/mol. The maximum atomic E-state index is 9.26. The molecule has 0 fully saturated rings. The maximum Gasteiger partial charge on any atom is 0.0847 e. The van der Waals surface area contributed by atoms with E-state index in [1.54, 1.807) is 0 Å². The van der Waals surface area contributed by atoms with Crippen molar-refractivity contribution in [3.05, 3.63) is 24.3 Å². The molecule has 1 aromatic carbocycles. The molecule has 0 heterocycles. The summed E-state index contributed by atoms with van der Waals surface area (Å²) >= 11 is 5.49. The second kappa shape index (κ2) is 5.83. The third-order valence-electron chi connectivity index (χ3n) is 2.10. The molecule has 0 amide bonds. The van der Waals surface area contributed by atoms with Crippen molar-refractivity contribution in [2.75, 3.05) is 36.7 Å². The van der Waals surface area contributed by atoms with Crippen LogP contribution in [0.2, 0.25) is 0 Å². The fourth-order valence-corrected chi connectivity index (χ4v) is 1.28. The standard InChI is InChI=1S/C11H17ClN2O/c1-14(2)10-5-3-9(4-6-10)13-8-11(15)7-12/h3-6,11,13,15H,7-8H2,1-2H3. The van der Waals surface area contributed by atoms with Crippen LogP contribution in [0.3, 0.4) is 0 Å². The number of aliphatic hydroxyl groups excluding tert-OH is 1. The highest BCUT2D eigenvalue weighted by Crippen LogP contribution is 2.15. The number of anilines is 2. The van der Waals surface area contributed by atoms with Crippen molar-refractivity contribution in [1.29, 1.82) is 0 Å². The summed E-state index contributed by atoms with van der Waals surface area (Å²) in [6.07, 6.45) is -0.500. The molecule has 0 saturated carbocycles. The van der Waals surface area contributed by atoms with Gasteiger partial charge >= 0.3 is 0 Å². The highest BCUT2D eigenvalue weighted by Gasteiger charge is 2.01. The smallest absolute Gasteiger partial charge is 0.0847 e. The fourth-order valence-electron chi connectivity index (χ4n) is 1.17. The van der Waals surface area contributed by atoms with Crippen LogP contribution >= 0.6 is 11.6 Å². The number of nitrogens with one attached hydrogen (secondary N) is 1. The lowest BCUT2D eigenvalue weighted by molar-refractivity contribution is 0.211. The Morgan fingerprint density at radius 3 is 2.40 bits per heavy atom. The highest BCUT2D eigenvalue weighted by molar-refractivity contribution is 6.18. The van der Waals surface area contributed by atoms with E-state index in [2.05, 4.69) is 5.32 Å². The lowest BCUT2D eigenvalue weighted by atomic mass is 10.2. The Labute approximate surface area is 95.7 Å². The van der Waals surface area contributed by atoms with Crippen LogP contribution in [0.4, 0.5) is 11.4 Å². The maximum absolute atomic E-state index is 9.26. The van der Waals surface area contributed by atoms with Crippen molar-refractivity contribution in [1.82, 2.24) is 0 Å². The van der Waals surface area contributed by atoms with Crippen LogP contribution in [0.25, 0.3) is 0 Å². The van der Waals surface area contributed by atoms with Crippen molar-refractivity contribution in [2.24, 2.45) is 0 Å². The minimum atomic E-state index is -0.500. The molecule has 0 bridgehead atoms. The lowest BCUT2D eigenvalue weighted by Gasteiger charge is -2.14. The van der Waals surface area contributed by atoms with Crippen LogP contribution in [0.15, 0.2) is 24.3 Å². The first-order valence-corrected chi connectivity index (χ1v) is 5.42. The van der Waals surface area contributed by atoms with Crippen LogP contribution in [-0.2, 0) is 0 Å². The van der Waals surface area contributed by atoms with E-state index in [4.69, 9.17) is 11.6 Å². The quantitative estimate of drug-likeness (QED) is 0.754. The zero-order valence-corrected chi connectivity index (χ0v) is 9.83. The van der Waals surface area contributed by atoms with Gasteiger partial charge in [-0.3, -0.25) is 0 Å². The highest BCUT2D eigenvalue weighted by atomic mass is 35.5. The van der Waals surface area contributed by atoms with Crippen LogP contribution in [0, 0.1) is 0 Å². The third kappa shape index (κ3) is 3.98. The van der Waals surface area contributed by atoms with Crippen LogP contribution in [0.5, 0.6) is 0 Å². The number of rotatable bonds is 5. The van der Waals surface area contributed by atoms with Gasteiger partial charge in [0, 0.05) is 32.0 Å². The molecule has 4 heteroatoms. The van der Waals surface area contributed by atoms with Gasteiger partial charge in [-0.05, 0) is 24.3 Å². The van der Waals surface area contributed by atoms with E-state index in [1.807, 2.05) is 43.3 Å². The van der Waals surface area contributed by atoms with E-state index in [9.17, 15) is 5.11 Å². The van der Waals surface area contributed by atoms with Gasteiger partial charge in [0.1, 0.15) is 0 Å². The van der Waals surface area contributed by atoms with E-state index in [1.165, 1.54) is 0 Å². The van der Waals surface area contributed by atoms with Crippen molar-refractivity contribution in [3.63, 3.8) is 0 Å². The van der Waals surface area contributed by atoms with Gasteiger partial charge in [-0.2, -0.15) is 0 Å². The molecule has 0 radical (unpaired) electrons. The van der Waals surface area contributed by atoms with Crippen molar-refractivity contribution in [3.8, 4) is 0 Å². The van der Waals surface area contributed by atoms with E-state index < -0.39 is 6.10 Å².